The number of nitrogens with zero attached hydrogens (tertiary/aromatic N) is 1. The summed E-state index contributed by atoms with van der Waals surface area (Å²) in [4.78, 5) is 2.37. The van der Waals surface area contributed by atoms with Crippen LogP contribution in [0.3, 0.4) is 0 Å². The predicted molar refractivity (Wildman–Crippen MR) is 47.9 cm³/mol. The molecule has 0 amide bonds. The number of fused-ring (bicyclic) bond motifs is 2. The molecule has 2 bridgehead atoms. The highest BCUT2D eigenvalue weighted by molar-refractivity contribution is 6.21. The van der Waals surface area contributed by atoms with Crippen LogP contribution in [0, 0.1) is 11.8 Å². The molecule has 2 rings (SSSR count). The second-order valence-corrected chi connectivity index (χ2v) is 4.83. The zero-order valence-electron chi connectivity index (χ0n) is 7.26. The fraction of sp³-hybridized carbons (Fsp3) is 1.00. The SMILES string of the molecule is CN(C)[C@@H]1C[C@@H]2C[C@H]1C[C@@H]2Cl. The molecule has 0 N–H and O–H groups in total. The first-order chi connectivity index (χ1) is 5.18. The summed E-state index contributed by atoms with van der Waals surface area (Å²) >= 11 is 6.16. The zero-order chi connectivity index (χ0) is 8.01. The van der Waals surface area contributed by atoms with Crippen LogP contribution in [0.25, 0.3) is 0 Å². The van der Waals surface area contributed by atoms with E-state index in [-0.39, 0.29) is 0 Å². The summed E-state index contributed by atoms with van der Waals surface area (Å²) in [6.45, 7) is 0. The molecule has 0 heterocycles. The van der Waals surface area contributed by atoms with Crippen molar-refractivity contribution in [2.45, 2.75) is 30.7 Å². The van der Waals surface area contributed by atoms with Crippen LogP contribution >= 0.6 is 11.6 Å². The molecule has 2 aliphatic carbocycles. The lowest BCUT2D eigenvalue weighted by atomic mass is 9.94. The number of hydrogen-bond acceptors (Lipinski definition) is 1. The molecule has 0 unspecified atom stereocenters. The minimum absolute atomic E-state index is 0.496. The lowest BCUT2D eigenvalue weighted by molar-refractivity contribution is 0.213. The highest BCUT2D eigenvalue weighted by atomic mass is 35.5. The molecule has 2 fully saturated rings. The maximum absolute atomic E-state index is 6.16. The predicted octanol–water partition coefficient (Wildman–Crippen LogP) is 1.95. The molecule has 64 valence electrons. The van der Waals surface area contributed by atoms with E-state index in [0.717, 1.165) is 17.9 Å². The highest BCUT2D eigenvalue weighted by Gasteiger charge is 2.45. The van der Waals surface area contributed by atoms with Gasteiger partial charge in [-0.25, -0.2) is 0 Å². The minimum Gasteiger partial charge on any atom is -0.306 e. The second kappa shape index (κ2) is 2.63. The fourth-order valence-corrected chi connectivity index (χ4v) is 3.24. The number of halogens is 1. The van der Waals surface area contributed by atoms with Crippen molar-refractivity contribution < 1.29 is 0 Å². The molecular formula is C9H16ClN. The molecule has 2 saturated carbocycles. The average Bonchev–Trinajstić information content (AvgIpc) is 2.43. The first kappa shape index (κ1) is 7.88. The third-order valence-corrected chi connectivity index (χ3v) is 3.93. The number of alkyl halides is 1. The van der Waals surface area contributed by atoms with Crippen molar-refractivity contribution in [3.05, 3.63) is 0 Å². The standard InChI is InChI=1S/C9H16ClN/c1-11(2)9-5-6-3-7(9)4-8(6)10/h6-9H,3-5H2,1-2H3/t6-,7-,8-,9+/m0/s1. The number of hydrogen-bond donors (Lipinski definition) is 0. The van der Waals surface area contributed by atoms with Gasteiger partial charge in [-0.05, 0) is 45.2 Å². The quantitative estimate of drug-likeness (QED) is 0.548. The van der Waals surface area contributed by atoms with E-state index in [9.17, 15) is 0 Å². The van der Waals surface area contributed by atoms with Crippen molar-refractivity contribution in [3.8, 4) is 0 Å². The van der Waals surface area contributed by atoms with Crippen molar-refractivity contribution in [1.82, 2.24) is 4.90 Å². The Labute approximate surface area is 73.7 Å². The normalized spacial score (nSPS) is 49.1. The Balaban J connectivity index is 2.02. The van der Waals surface area contributed by atoms with Crippen molar-refractivity contribution >= 4 is 11.6 Å². The van der Waals surface area contributed by atoms with Gasteiger partial charge in [0.05, 0.1) is 0 Å². The molecule has 0 radical (unpaired) electrons. The first-order valence-corrected chi connectivity index (χ1v) is 4.92. The molecule has 0 spiro atoms. The molecule has 11 heavy (non-hydrogen) atoms. The molecule has 1 nitrogen and oxygen atoms in total. The van der Waals surface area contributed by atoms with Gasteiger partial charge in [-0.1, -0.05) is 0 Å². The third kappa shape index (κ3) is 1.19. The van der Waals surface area contributed by atoms with Gasteiger partial charge in [0.1, 0.15) is 0 Å². The van der Waals surface area contributed by atoms with E-state index in [1.54, 1.807) is 0 Å². The van der Waals surface area contributed by atoms with Gasteiger partial charge in [-0.3, -0.25) is 0 Å². The van der Waals surface area contributed by atoms with Gasteiger partial charge in [-0.2, -0.15) is 0 Å². The largest absolute Gasteiger partial charge is 0.306 e. The lowest BCUT2D eigenvalue weighted by Gasteiger charge is -2.29. The van der Waals surface area contributed by atoms with Crippen molar-refractivity contribution in [3.63, 3.8) is 0 Å². The van der Waals surface area contributed by atoms with E-state index in [1.165, 1.54) is 19.3 Å². The Morgan fingerprint density at radius 3 is 2.18 bits per heavy atom. The van der Waals surface area contributed by atoms with Gasteiger partial charge in [-0.15, -0.1) is 11.6 Å². The Hall–Kier alpha value is 0.250. The molecular weight excluding hydrogens is 158 g/mol. The second-order valence-electron chi connectivity index (χ2n) is 4.27. The van der Waals surface area contributed by atoms with Crippen molar-refractivity contribution in [2.75, 3.05) is 14.1 Å². The van der Waals surface area contributed by atoms with E-state index in [1.807, 2.05) is 0 Å². The van der Waals surface area contributed by atoms with Crippen LogP contribution < -0.4 is 0 Å². The van der Waals surface area contributed by atoms with E-state index in [0.29, 0.717) is 5.38 Å². The first-order valence-electron chi connectivity index (χ1n) is 4.49. The monoisotopic (exact) mass is 173 g/mol. The lowest BCUT2D eigenvalue weighted by Crippen LogP contribution is -2.34. The van der Waals surface area contributed by atoms with Gasteiger partial charge in [0.2, 0.25) is 0 Å². The molecule has 4 atom stereocenters. The molecule has 0 aromatic carbocycles. The Morgan fingerprint density at radius 2 is 1.82 bits per heavy atom. The molecule has 0 aromatic rings. The zero-order valence-corrected chi connectivity index (χ0v) is 8.01. The van der Waals surface area contributed by atoms with Crippen LogP contribution in [0.4, 0.5) is 0 Å². The van der Waals surface area contributed by atoms with Crippen molar-refractivity contribution in [2.24, 2.45) is 11.8 Å². The summed E-state index contributed by atoms with van der Waals surface area (Å²) in [7, 11) is 4.38. The summed E-state index contributed by atoms with van der Waals surface area (Å²) in [6.07, 6.45) is 3.98. The molecule has 0 saturated heterocycles. The Morgan fingerprint density at radius 1 is 1.09 bits per heavy atom. The molecule has 0 aliphatic heterocycles. The maximum atomic E-state index is 6.16. The average molecular weight is 174 g/mol. The van der Waals surface area contributed by atoms with Gasteiger partial charge in [0.25, 0.3) is 0 Å². The Kier molecular flexibility index (Phi) is 1.89. The topological polar surface area (TPSA) is 3.24 Å². The van der Waals surface area contributed by atoms with E-state index >= 15 is 0 Å². The van der Waals surface area contributed by atoms with Crippen LogP contribution in [-0.4, -0.2) is 30.4 Å². The van der Waals surface area contributed by atoms with Crippen molar-refractivity contribution in [1.29, 1.82) is 0 Å². The van der Waals surface area contributed by atoms with Gasteiger partial charge in [0, 0.05) is 11.4 Å². The summed E-state index contributed by atoms with van der Waals surface area (Å²) in [5.41, 5.74) is 0. The van der Waals surface area contributed by atoms with Gasteiger partial charge < -0.3 is 4.90 Å². The maximum Gasteiger partial charge on any atom is 0.0368 e. The summed E-state index contributed by atoms with van der Waals surface area (Å²) in [5, 5.41) is 0.496. The summed E-state index contributed by atoms with van der Waals surface area (Å²) in [6, 6.07) is 0.829. The summed E-state index contributed by atoms with van der Waals surface area (Å²) < 4.78 is 0. The molecule has 0 aromatic heterocycles. The van der Waals surface area contributed by atoms with Crippen LogP contribution in [-0.2, 0) is 0 Å². The summed E-state index contributed by atoms with van der Waals surface area (Å²) in [5.74, 6) is 1.73. The fourth-order valence-electron chi connectivity index (χ4n) is 2.81. The van der Waals surface area contributed by atoms with E-state index in [4.69, 9.17) is 11.6 Å². The number of rotatable bonds is 1. The van der Waals surface area contributed by atoms with Crippen LogP contribution in [0.2, 0.25) is 0 Å². The molecule has 2 aliphatic rings. The van der Waals surface area contributed by atoms with E-state index in [2.05, 4.69) is 19.0 Å². The minimum atomic E-state index is 0.496. The van der Waals surface area contributed by atoms with Crippen LogP contribution in [0.5, 0.6) is 0 Å². The third-order valence-electron chi connectivity index (χ3n) is 3.40. The Bertz CT molecular complexity index is 156. The highest BCUT2D eigenvalue weighted by Crippen LogP contribution is 2.48. The van der Waals surface area contributed by atoms with Crippen LogP contribution in [0.1, 0.15) is 19.3 Å². The molecule has 2 heteroatoms. The smallest absolute Gasteiger partial charge is 0.0368 e. The van der Waals surface area contributed by atoms with E-state index < -0.39 is 0 Å². The van der Waals surface area contributed by atoms with Crippen LogP contribution in [0.15, 0.2) is 0 Å². The van der Waals surface area contributed by atoms with Gasteiger partial charge in [0.15, 0.2) is 0 Å². The van der Waals surface area contributed by atoms with Gasteiger partial charge >= 0.3 is 0 Å².